The van der Waals surface area contributed by atoms with Gasteiger partial charge >= 0.3 is 0 Å². The number of benzene rings is 2. The maximum Gasteiger partial charge on any atom is 0.147 e. The van der Waals surface area contributed by atoms with Crippen molar-refractivity contribution in [2.75, 3.05) is 5.32 Å². The minimum absolute atomic E-state index is 0.333. The van der Waals surface area contributed by atoms with Gasteiger partial charge in [-0.25, -0.2) is 14.4 Å². The quantitative estimate of drug-likeness (QED) is 0.718. The van der Waals surface area contributed by atoms with E-state index >= 15 is 0 Å². The van der Waals surface area contributed by atoms with Crippen LogP contribution < -0.4 is 5.32 Å². The summed E-state index contributed by atoms with van der Waals surface area (Å²) in [5.74, 6) is 0.268. The summed E-state index contributed by atoms with van der Waals surface area (Å²) in [6.07, 6.45) is 1.48. The Bertz CT molecular complexity index is 833. The van der Waals surface area contributed by atoms with Crippen LogP contribution in [-0.2, 0) is 0 Å². The summed E-state index contributed by atoms with van der Waals surface area (Å²) < 4.78 is 14.6. The van der Waals surface area contributed by atoms with Gasteiger partial charge in [-0.3, -0.25) is 0 Å². The van der Waals surface area contributed by atoms with Crippen LogP contribution in [0.2, 0.25) is 0 Å². The molecule has 3 nitrogen and oxygen atoms in total. The first-order valence-corrected chi connectivity index (χ1v) is 7.28. The Morgan fingerprint density at radius 1 is 1.05 bits per heavy atom. The number of halogens is 2. The summed E-state index contributed by atoms with van der Waals surface area (Å²) in [4.78, 5) is 8.51. The van der Waals surface area contributed by atoms with E-state index in [-0.39, 0.29) is 5.82 Å². The fourth-order valence-electron chi connectivity index (χ4n) is 2.13. The third kappa shape index (κ3) is 2.74. The van der Waals surface area contributed by atoms with Crippen LogP contribution in [0.1, 0.15) is 11.1 Å². The van der Waals surface area contributed by atoms with Gasteiger partial charge in [-0.2, -0.15) is 0 Å². The van der Waals surface area contributed by atoms with Gasteiger partial charge < -0.3 is 5.32 Å². The number of fused-ring (bicyclic) bond motifs is 1. The van der Waals surface area contributed by atoms with Gasteiger partial charge in [0.15, 0.2) is 0 Å². The Balaban J connectivity index is 2.10. The smallest absolute Gasteiger partial charge is 0.147 e. The van der Waals surface area contributed by atoms with E-state index in [1.54, 1.807) is 12.1 Å². The van der Waals surface area contributed by atoms with E-state index in [0.717, 1.165) is 16.5 Å². The van der Waals surface area contributed by atoms with Crippen LogP contribution in [0.25, 0.3) is 10.9 Å². The largest absolute Gasteiger partial charge is 0.337 e. The zero-order valence-corrected chi connectivity index (χ0v) is 13.2. The third-order valence-corrected chi connectivity index (χ3v) is 3.93. The average molecular weight is 346 g/mol. The van der Waals surface area contributed by atoms with Gasteiger partial charge in [0.05, 0.1) is 11.2 Å². The second-order valence-electron chi connectivity index (χ2n) is 4.93. The van der Waals surface area contributed by atoms with Crippen molar-refractivity contribution in [1.29, 1.82) is 0 Å². The van der Waals surface area contributed by atoms with Gasteiger partial charge in [-0.1, -0.05) is 15.9 Å². The van der Waals surface area contributed by atoms with Gasteiger partial charge in [-0.05, 0) is 55.3 Å². The molecule has 1 N–H and O–H groups in total. The van der Waals surface area contributed by atoms with Crippen molar-refractivity contribution < 1.29 is 4.39 Å². The van der Waals surface area contributed by atoms with Crippen LogP contribution in [0.3, 0.4) is 0 Å². The highest BCUT2D eigenvalue weighted by Crippen LogP contribution is 2.27. The number of nitrogens with zero attached hydrogens (tertiary/aromatic N) is 2. The fourth-order valence-corrected chi connectivity index (χ4v) is 2.47. The average Bonchev–Trinajstić information content (AvgIpc) is 2.44. The van der Waals surface area contributed by atoms with Crippen molar-refractivity contribution in [3.8, 4) is 0 Å². The van der Waals surface area contributed by atoms with E-state index in [4.69, 9.17) is 0 Å². The number of hydrogen-bond donors (Lipinski definition) is 1. The second-order valence-corrected chi connectivity index (χ2v) is 5.84. The maximum atomic E-state index is 13.9. The highest BCUT2D eigenvalue weighted by atomic mass is 79.9. The van der Waals surface area contributed by atoms with E-state index in [1.165, 1.54) is 18.0 Å². The first-order valence-electron chi connectivity index (χ1n) is 6.48. The summed E-state index contributed by atoms with van der Waals surface area (Å²) in [6, 6.07) is 8.90. The Morgan fingerprint density at radius 2 is 1.81 bits per heavy atom. The Morgan fingerprint density at radius 3 is 2.57 bits per heavy atom. The van der Waals surface area contributed by atoms with Gasteiger partial charge in [-0.15, -0.1) is 0 Å². The molecule has 2 aromatic carbocycles. The molecule has 0 aliphatic rings. The summed E-state index contributed by atoms with van der Waals surface area (Å²) in [6.45, 7) is 4.07. The molecule has 106 valence electrons. The Hall–Kier alpha value is -2.01. The van der Waals surface area contributed by atoms with Gasteiger partial charge in [0.25, 0.3) is 0 Å². The van der Waals surface area contributed by atoms with Crippen LogP contribution in [0.15, 0.2) is 41.1 Å². The highest BCUT2D eigenvalue weighted by Gasteiger charge is 2.09. The molecule has 0 saturated carbocycles. The normalized spacial score (nSPS) is 10.9. The first kappa shape index (κ1) is 13.9. The monoisotopic (exact) mass is 345 g/mol. The number of nitrogens with one attached hydrogen (secondary N) is 1. The lowest BCUT2D eigenvalue weighted by Crippen LogP contribution is -1.99. The Labute approximate surface area is 130 Å². The molecule has 3 rings (SSSR count). The molecule has 0 fully saturated rings. The van der Waals surface area contributed by atoms with Crippen molar-refractivity contribution in [3.05, 3.63) is 58.1 Å². The van der Waals surface area contributed by atoms with Gasteiger partial charge in [0.1, 0.15) is 18.0 Å². The first-order chi connectivity index (χ1) is 10.0. The standard InChI is InChI=1S/C16H13BrFN3/c1-9-5-12-15(6-10(9)2)19-8-20-16(12)21-14-4-3-11(17)7-13(14)18/h3-8H,1-2H3,(H,19,20,21). The molecule has 0 atom stereocenters. The molecule has 0 unspecified atom stereocenters. The van der Waals surface area contributed by atoms with Crippen LogP contribution in [-0.4, -0.2) is 9.97 Å². The van der Waals surface area contributed by atoms with Crippen molar-refractivity contribution >= 4 is 38.3 Å². The van der Waals surface area contributed by atoms with Crippen LogP contribution in [0, 0.1) is 19.7 Å². The molecule has 0 aliphatic heterocycles. The summed E-state index contributed by atoms with van der Waals surface area (Å²) in [7, 11) is 0. The van der Waals surface area contributed by atoms with Crippen molar-refractivity contribution in [3.63, 3.8) is 0 Å². The third-order valence-electron chi connectivity index (χ3n) is 3.44. The second kappa shape index (κ2) is 5.41. The topological polar surface area (TPSA) is 37.8 Å². The molecule has 0 radical (unpaired) electrons. The SMILES string of the molecule is Cc1cc2ncnc(Nc3ccc(Br)cc3F)c2cc1C. The van der Waals surface area contributed by atoms with Gasteiger partial charge in [0.2, 0.25) is 0 Å². The zero-order valence-electron chi connectivity index (χ0n) is 11.6. The molecule has 0 saturated heterocycles. The fraction of sp³-hybridized carbons (Fsp3) is 0.125. The highest BCUT2D eigenvalue weighted by molar-refractivity contribution is 9.10. The summed E-state index contributed by atoms with van der Waals surface area (Å²) in [5.41, 5.74) is 3.54. The molecule has 1 aromatic heterocycles. The maximum absolute atomic E-state index is 13.9. The molecule has 0 aliphatic carbocycles. The van der Waals surface area contributed by atoms with Crippen molar-refractivity contribution in [2.24, 2.45) is 0 Å². The lowest BCUT2D eigenvalue weighted by molar-refractivity contribution is 0.631. The minimum atomic E-state index is -0.333. The lowest BCUT2D eigenvalue weighted by atomic mass is 10.1. The van der Waals surface area contributed by atoms with E-state index in [9.17, 15) is 4.39 Å². The number of anilines is 2. The lowest BCUT2D eigenvalue weighted by Gasteiger charge is -2.11. The van der Waals surface area contributed by atoms with Crippen LogP contribution >= 0.6 is 15.9 Å². The molecule has 5 heteroatoms. The van der Waals surface area contributed by atoms with Crippen molar-refractivity contribution in [1.82, 2.24) is 9.97 Å². The van der Waals surface area contributed by atoms with Crippen LogP contribution in [0.4, 0.5) is 15.9 Å². The molecular weight excluding hydrogens is 333 g/mol. The van der Waals surface area contributed by atoms with E-state index in [0.29, 0.717) is 16.0 Å². The minimum Gasteiger partial charge on any atom is -0.337 e. The van der Waals surface area contributed by atoms with E-state index < -0.39 is 0 Å². The van der Waals surface area contributed by atoms with Crippen molar-refractivity contribution in [2.45, 2.75) is 13.8 Å². The number of aryl methyl sites for hydroxylation is 2. The zero-order chi connectivity index (χ0) is 15.0. The number of aromatic nitrogens is 2. The summed E-state index contributed by atoms with van der Waals surface area (Å²) >= 11 is 3.25. The Kier molecular flexibility index (Phi) is 3.59. The van der Waals surface area contributed by atoms with Crippen LogP contribution in [0.5, 0.6) is 0 Å². The molecular formula is C16H13BrFN3. The molecule has 21 heavy (non-hydrogen) atoms. The predicted molar refractivity (Wildman–Crippen MR) is 86.4 cm³/mol. The molecule has 0 bridgehead atoms. The molecule has 1 heterocycles. The molecule has 0 amide bonds. The number of rotatable bonds is 2. The van der Waals surface area contributed by atoms with E-state index in [1.807, 2.05) is 26.0 Å². The molecule has 0 spiro atoms. The number of hydrogen-bond acceptors (Lipinski definition) is 3. The van der Waals surface area contributed by atoms with Gasteiger partial charge in [0, 0.05) is 9.86 Å². The predicted octanol–water partition coefficient (Wildman–Crippen LogP) is 4.89. The molecule has 3 aromatic rings. The summed E-state index contributed by atoms with van der Waals surface area (Å²) in [5, 5.41) is 3.92. The van der Waals surface area contributed by atoms with E-state index in [2.05, 4.69) is 31.2 Å².